The molecule has 116 valence electrons. The average Bonchev–Trinajstić information content (AvgIpc) is 2.68. The van der Waals surface area contributed by atoms with Crippen LogP contribution in [0.3, 0.4) is 0 Å². The Morgan fingerprint density at radius 3 is 2.40 bits per heavy atom. The summed E-state index contributed by atoms with van der Waals surface area (Å²) < 4.78 is 40.7. The summed E-state index contributed by atoms with van der Waals surface area (Å²) in [7, 11) is 0. The molecule has 3 nitrogen and oxygen atoms in total. The quantitative estimate of drug-likeness (QED) is 0.831. The van der Waals surface area contributed by atoms with Crippen molar-refractivity contribution in [1.82, 2.24) is 10.3 Å². The third kappa shape index (κ3) is 6.19. The lowest BCUT2D eigenvalue weighted by Crippen LogP contribution is -2.22. The van der Waals surface area contributed by atoms with Gasteiger partial charge in [0.25, 0.3) is 0 Å². The van der Waals surface area contributed by atoms with E-state index >= 15 is 0 Å². The number of hydrogen-bond acceptors (Lipinski definition) is 4. The Morgan fingerprint density at radius 1 is 1.25 bits per heavy atom. The largest absolute Gasteiger partial charge is 0.411 e. The molecule has 0 saturated carbocycles. The molecule has 0 spiro atoms. The number of thiazole rings is 1. The Morgan fingerprint density at radius 2 is 1.90 bits per heavy atom. The Hall–Kier alpha value is -0.660. The number of alkyl halides is 3. The minimum Gasteiger partial charge on any atom is -0.365 e. The van der Waals surface area contributed by atoms with E-state index in [0.717, 1.165) is 10.6 Å². The molecule has 0 atom stereocenters. The third-order valence-electron chi connectivity index (χ3n) is 2.48. The highest BCUT2D eigenvalue weighted by atomic mass is 32.1. The molecule has 0 saturated heterocycles. The van der Waals surface area contributed by atoms with Gasteiger partial charge in [-0.1, -0.05) is 27.7 Å². The van der Waals surface area contributed by atoms with Crippen LogP contribution < -0.4 is 5.32 Å². The van der Waals surface area contributed by atoms with Gasteiger partial charge in [-0.25, -0.2) is 4.98 Å². The van der Waals surface area contributed by atoms with Gasteiger partial charge in [-0.05, 0) is 5.92 Å². The van der Waals surface area contributed by atoms with E-state index in [1.54, 1.807) is 0 Å². The molecule has 0 bridgehead atoms. The van der Waals surface area contributed by atoms with E-state index in [0.29, 0.717) is 17.6 Å². The van der Waals surface area contributed by atoms with E-state index in [1.165, 1.54) is 11.3 Å². The maximum Gasteiger partial charge on any atom is 0.411 e. The van der Waals surface area contributed by atoms with Crippen LogP contribution in [-0.4, -0.2) is 23.8 Å². The second-order valence-electron chi connectivity index (χ2n) is 5.21. The van der Waals surface area contributed by atoms with E-state index in [9.17, 15) is 13.2 Å². The van der Waals surface area contributed by atoms with Crippen molar-refractivity contribution in [3.8, 4) is 0 Å². The minimum atomic E-state index is -4.29. The zero-order chi connectivity index (χ0) is 15.3. The van der Waals surface area contributed by atoms with Gasteiger partial charge in [0.15, 0.2) is 0 Å². The van der Waals surface area contributed by atoms with Crippen molar-refractivity contribution in [2.45, 2.75) is 59.0 Å². The summed E-state index contributed by atoms with van der Waals surface area (Å²) in [4.78, 5) is 5.46. The molecule has 0 radical (unpaired) electrons. The van der Waals surface area contributed by atoms with Gasteiger partial charge in [0.2, 0.25) is 0 Å². The number of aromatic nitrogens is 1. The van der Waals surface area contributed by atoms with Crippen molar-refractivity contribution in [3.05, 3.63) is 15.6 Å². The highest BCUT2D eigenvalue weighted by Gasteiger charge is 2.27. The Bertz CT molecular complexity index is 416. The van der Waals surface area contributed by atoms with E-state index in [-0.39, 0.29) is 12.5 Å². The molecule has 0 aliphatic heterocycles. The van der Waals surface area contributed by atoms with Crippen LogP contribution in [0.2, 0.25) is 0 Å². The van der Waals surface area contributed by atoms with Crippen molar-refractivity contribution in [2.75, 3.05) is 6.61 Å². The van der Waals surface area contributed by atoms with E-state index in [1.807, 2.05) is 27.7 Å². The minimum absolute atomic E-state index is 0.0917. The number of halogens is 3. The van der Waals surface area contributed by atoms with Gasteiger partial charge in [-0.15, -0.1) is 11.3 Å². The SMILES string of the molecule is CC(C)NCc1sc(COCC(F)(F)F)nc1C(C)C. The van der Waals surface area contributed by atoms with Crippen LogP contribution in [0, 0.1) is 0 Å². The topological polar surface area (TPSA) is 34.1 Å². The number of rotatable bonds is 7. The van der Waals surface area contributed by atoms with E-state index in [2.05, 4.69) is 15.0 Å². The van der Waals surface area contributed by atoms with Crippen LogP contribution in [0.4, 0.5) is 13.2 Å². The second kappa shape index (κ2) is 7.38. The molecule has 7 heteroatoms. The molecule has 0 amide bonds. The van der Waals surface area contributed by atoms with Gasteiger partial charge < -0.3 is 10.1 Å². The first kappa shape index (κ1) is 17.4. The Kier molecular flexibility index (Phi) is 6.42. The first-order chi connectivity index (χ1) is 9.19. The molecular formula is C13H21F3N2OS. The van der Waals surface area contributed by atoms with Crippen LogP contribution >= 0.6 is 11.3 Å². The summed E-state index contributed by atoms with van der Waals surface area (Å²) in [6.45, 7) is 7.49. The van der Waals surface area contributed by atoms with Crippen LogP contribution in [-0.2, 0) is 17.9 Å². The molecule has 1 aromatic heterocycles. The van der Waals surface area contributed by atoms with Crippen molar-refractivity contribution >= 4 is 11.3 Å². The van der Waals surface area contributed by atoms with Gasteiger partial charge in [0.1, 0.15) is 11.6 Å². The molecule has 0 fully saturated rings. The van der Waals surface area contributed by atoms with Crippen LogP contribution in [0.15, 0.2) is 0 Å². The fourth-order valence-electron chi connectivity index (χ4n) is 1.60. The summed E-state index contributed by atoms with van der Waals surface area (Å²) in [5, 5.41) is 3.90. The molecule has 0 unspecified atom stereocenters. The van der Waals surface area contributed by atoms with Crippen LogP contribution in [0.25, 0.3) is 0 Å². The third-order valence-corrected chi connectivity index (χ3v) is 3.53. The zero-order valence-corrected chi connectivity index (χ0v) is 13.0. The van der Waals surface area contributed by atoms with Gasteiger partial charge in [0, 0.05) is 17.5 Å². The molecule has 0 aliphatic carbocycles. The molecule has 0 aromatic carbocycles. The van der Waals surface area contributed by atoms with Gasteiger partial charge >= 0.3 is 6.18 Å². The van der Waals surface area contributed by atoms with Gasteiger partial charge in [0.05, 0.1) is 12.3 Å². The molecule has 0 aliphatic rings. The number of nitrogens with zero attached hydrogens (tertiary/aromatic N) is 1. The van der Waals surface area contributed by atoms with Crippen molar-refractivity contribution < 1.29 is 17.9 Å². The lowest BCUT2D eigenvalue weighted by Gasteiger charge is -2.09. The predicted molar refractivity (Wildman–Crippen MR) is 73.9 cm³/mol. The molecule has 1 heterocycles. The van der Waals surface area contributed by atoms with Crippen molar-refractivity contribution in [1.29, 1.82) is 0 Å². The molecule has 20 heavy (non-hydrogen) atoms. The summed E-state index contributed by atoms with van der Waals surface area (Å²) in [6, 6.07) is 0.349. The molecule has 1 N–H and O–H groups in total. The lowest BCUT2D eigenvalue weighted by molar-refractivity contribution is -0.176. The summed E-state index contributed by atoms with van der Waals surface area (Å²) in [5.74, 6) is 0.242. The van der Waals surface area contributed by atoms with E-state index in [4.69, 9.17) is 0 Å². The lowest BCUT2D eigenvalue weighted by atomic mass is 10.1. The maximum absolute atomic E-state index is 12.0. The maximum atomic E-state index is 12.0. The van der Waals surface area contributed by atoms with Gasteiger partial charge in [-0.2, -0.15) is 13.2 Å². The smallest absolute Gasteiger partial charge is 0.365 e. The summed E-state index contributed by atoms with van der Waals surface area (Å²) in [6.07, 6.45) is -4.29. The molecule has 1 rings (SSSR count). The van der Waals surface area contributed by atoms with E-state index < -0.39 is 12.8 Å². The van der Waals surface area contributed by atoms with Crippen LogP contribution in [0.5, 0.6) is 0 Å². The number of hydrogen-bond donors (Lipinski definition) is 1. The predicted octanol–water partition coefficient (Wildman–Crippen LogP) is 3.84. The second-order valence-corrected chi connectivity index (χ2v) is 6.38. The normalized spacial score (nSPS) is 12.7. The van der Waals surface area contributed by atoms with Crippen molar-refractivity contribution in [2.24, 2.45) is 0 Å². The standard InChI is InChI=1S/C13H21F3N2OS/c1-8(2)12-10(5-17-9(3)4)20-11(18-12)6-19-7-13(14,15)16/h8-9,17H,5-7H2,1-4H3. The summed E-state index contributed by atoms with van der Waals surface area (Å²) >= 11 is 1.41. The average molecular weight is 310 g/mol. The Labute approximate surface area is 121 Å². The zero-order valence-electron chi connectivity index (χ0n) is 12.2. The van der Waals surface area contributed by atoms with Gasteiger partial charge in [-0.3, -0.25) is 0 Å². The molecule has 1 aromatic rings. The first-order valence-electron chi connectivity index (χ1n) is 6.55. The monoisotopic (exact) mass is 310 g/mol. The molecular weight excluding hydrogens is 289 g/mol. The fraction of sp³-hybridized carbons (Fsp3) is 0.769. The highest BCUT2D eigenvalue weighted by molar-refractivity contribution is 7.11. The first-order valence-corrected chi connectivity index (χ1v) is 7.37. The number of nitrogens with one attached hydrogen (secondary N) is 1. The number of ether oxygens (including phenoxy) is 1. The highest BCUT2D eigenvalue weighted by Crippen LogP contribution is 2.26. The summed E-state index contributed by atoms with van der Waals surface area (Å²) in [5.41, 5.74) is 0.939. The Balaban J connectivity index is 2.66. The fourth-order valence-corrected chi connectivity index (χ4v) is 2.72. The van der Waals surface area contributed by atoms with Crippen molar-refractivity contribution in [3.63, 3.8) is 0 Å². The van der Waals surface area contributed by atoms with Crippen LogP contribution in [0.1, 0.15) is 49.2 Å².